The number of aldehydes is 1. The largest absolute Gasteiger partial charge is 0.298 e. The van der Waals surface area contributed by atoms with Crippen LogP contribution in [-0.4, -0.2) is 20.9 Å². The second kappa shape index (κ2) is 4.44. The van der Waals surface area contributed by atoms with E-state index in [0.717, 1.165) is 0 Å². The molecule has 0 saturated carbocycles. The number of rotatable bonds is 2. The van der Waals surface area contributed by atoms with Crippen LogP contribution in [-0.2, 0) is 0 Å². The van der Waals surface area contributed by atoms with Gasteiger partial charge >= 0.3 is 0 Å². The Balaban J connectivity index is 2.31. The molecule has 0 aliphatic rings. The summed E-state index contributed by atoms with van der Waals surface area (Å²) >= 11 is 6.06. The predicted octanol–water partition coefficient (Wildman–Crippen LogP) is 3.00. The van der Waals surface area contributed by atoms with Crippen molar-refractivity contribution in [1.29, 1.82) is 0 Å². The van der Waals surface area contributed by atoms with Crippen LogP contribution >= 0.6 is 11.6 Å². The number of carbonyl (C=O) groups is 1. The number of carbonyl (C=O) groups excluding carboxylic acids is 1. The molecule has 0 unspecified atom stereocenters. The van der Waals surface area contributed by atoms with Crippen molar-refractivity contribution >= 4 is 23.5 Å². The Bertz CT molecular complexity index is 785. The maximum absolute atomic E-state index is 13.7. The first-order chi connectivity index (χ1) is 9.20. The molecule has 0 radical (unpaired) electrons. The van der Waals surface area contributed by atoms with E-state index in [2.05, 4.69) is 10.1 Å². The first kappa shape index (κ1) is 11.8. The lowest BCUT2D eigenvalue weighted by molar-refractivity contribution is 0.112. The lowest BCUT2D eigenvalue weighted by Gasteiger charge is -2.05. The van der Waals surface area contributed by atoms with Gasteiger partial charge in [0.1, 0.15) is 11.0 Å². The van der Waals surface area contributed by atoms with Gasteiger partial charge < -0.3 is 0 Å². The maximum atomic E-state index is 13.7. The second-order valence-electron chi connectivity index (χ2n) is 3.90. The van der Waals surface area contributed by atoms with E-state index in [-0.39, 0.29) is 5.15 Å². The fraction of sp³-hybridized carbons (Fsp3) is 0. The molecule has 3 rings (SSSR count). The molecule has 0 aliphatic carbocycles. The van der Waals surface area contributed by atoms with Crippen molar-refractivity contribution in [2.24, 2.45) is 0 Å². The molecule has 0 amide bonds. The Labute approximate surface area is 112 Å². The molecule has 0 bridgehead atoms. The van der Waals surface area contributed by atoms with Gasteiger partial charge in [-0.2, -0.15) is 5.10 Å². The summed E-state index contributed by atoms with van der Waals surface area (Å²) in [6.45, 7) is 0. The molecule has 0 N–H and O–H groups in total. The summed E-state index contributed by atoms with van der Waals surface area (Å²) in [5.74, 6) is -0.400. The van der Waals surface area contributed by atoms with Crippen molar-refractivity contribution < 1.29 is 9.18 Å². The lowest BCUT2D eigenvalue weighted by Crippen LogP contribution is -1.96. The zero-order valence-corrected chi connectivity index (χ0v) is 10.3. The van der Waals surface area contributed by atoms with Gasteiger partial charge in [0.05, 0.1) is 17.5 Å². The number of benzene rings is 1. The third kappa shape index (κ3) is 1.88. The molecule has 1 aromatic carbocycles. The molecule has 0 saturated heterocycles. The van der Waals surface area contributed by atoms with E-state index in [0.29, 0.717) is 28.8 Å². The van der Waals surface area contributed by atoms with Crippen LogP contribution in [0.2, 0.25) is 5.15 Å². The summed E-state index contributed by atoms with van der Waals surface area (Å²) < 4.78 is 15.1. The molecule has 94 valence electrons. The molecular formula is C13H7ClFN3O. The van der Waals surface area contributed by atoms with Crippen LogP contribution in [0.1, 0.15) is 10.4 Å². The van der Waals surface area contributed by atoms with Crippen molar-refractivity contribution in [2.45, 2.75) is 0 Å². The average molecular weight is 276 g/mol. The van der Waals surface area contributed by atoms with Gasteiger partial charge in [-0.1, -0.05) is 23.7 Å². The molecule has 2 heterocycles. The van der Waals surface area contributed by atoms with Crippen LogP contribution in [0.3, 0.4) is 0 Å². The third-order valence-corrected chi connectivity index (χ3v) is 3.00. The molecule has 3 aromatic rings. The van der Waals surface area contributed by atoms with Crippen molar-refractivity contribution in [2.75, 3.05) is 0 Å². The zero-order valence-electron chi connectivity index (χ0n) is 9.55. The van der Waals surface area contributed by atoms with E-state index in [1.54, 1.807) is 18.2 Å². The molecule has 0 fully saturated rings. The zero-order chi connectivity index (χ0) is 13.4. The number of hydrogen-bond acceptors (Lipinski definition) is 3. The Morgan fingerprint density at radius 2 is 2.11 bits per heavy atom. The Morgan fingerprint density at radius 1 is 1.32 bits per heavy atom. The normalized spacial score (nSPS) is 10.8. The number of halogens is 2. The Morgan fingerprint density at radius 3 is 2.84 bits per heavy atom. The summed E-state index contributed by atoms with van der Waals surface area (Å²) in [5.41, 5.74) is 1.30. The van der Waals surface area contributed by atoms with Crippen molar-refractivity contribution in [3.05, 3.63) is 53.1 Å². The minimum Gasteiger partial charge on any atom is -0.298 e. The highest BCUT2D eigenvalue weighted by Gasteiger charge is 2.13. The summed E-state index contributed by atoms with van der Waals surface area (Å²) in [4.78, 5) is 15.1. The third-order valence-electron chi connectivity index (χ3n) is 2.73. The van der Waals surface area contributed by atoms with E-state index in [4.69, 9.17) is 11.6 Å². The van der Waals surface area contributed by atoms with E-state index >= 15 is 0 Å². The van der Waals surface area contributed by atoms with Crippen molar-refractivity contribution in [3.63, 3.8) is 0 Å². The van der Waals surface area contributed by atoms with Crippen molar-refractivity contribution in [1.82, 2.24) is 14.6 Å². The molecule has 4 nitrogen and oxygen atoms in total. The average Bonchev–Trinajstić information content (AvgIpc) is 2.82. The highest BCUT2D eigenvalue weighted by atomic mass is 35.5. The molecule has 6 heteroatoms. The van der Waals surface area contributed by atoms with E-state index < -0.39 is 5.82 Å². The molecule has 19 heavy (non-hydrogen) atoms. The van der Waals surface area contributed by atoms with E-state index in [1.165, 1.54) is 22.8 Å². The first-order valence-electron chi connectivity index (χ1n) is 5.45. The minimum absolute atomic E-state index is 0.261. The van der Waals surface area contributed by atoms with Crippen LogP contribution in [0, 0.1) is 5.82 Å². The van der Waals surface area contributed by atoms with Gasteiger partial charge in [-0.05, 0) is 12.1 Å². The van der Waals surface area contributed by atoms with Crippen LogP contribution in [0.4, 0.5) is 4.39 Å². The summed E-state index contributed by atoms with van der Waals surface area (Å²) in [6, 6.07) is 7.74. The van der Waals surface area contributed by atoms with Gasteiger partial charge in [-0.25, -0.2) is 13.9 Å². The Kier molecular flexibility index (Phi) is 2.76. The standard InChI is InChI=1S/C13H7ClFN3O/c14-12-5-11(9-3-1-2-4-10(9)15)17-13-8(7-19)6-16-18(12)13/h1-7H. The second-order valence-corrected chi connectivity index (χ2v) is 4.28. The number of nitrogens with zero attached hydrogens (tertiary/aromatic N) is 3. The number of fused-ring (bicyclic) bond motifs is 1. The van der Waals surface area contributed by atoms with Gasteiger partial charge in [0, 0.05) is 11.6 Å². The van der Waals surface area contributed by atoms with Gasteiger partial charge in [0.25, 0.3) is 0 Å². The summed E-state index contributed by atoms with van der Waals surface area (Å²) in [5, 5.41) is 4.20. The SMILES string of the molecule is O=Cc1cnn2c(Cl)cc(-c3ccccc3F)nc12. The summed E-state index contributed by atoms with van der Waals surface area (Å²) in [6.07, 6.45) is 2.00. The Hall–Kier alpha value is -2.27. The van der Waals surface area contributed by atoms with E-state index in [1.807, 2.05) is 0 Å². The highest BCUT2D eigenvalue weighted by molar-refractivity contribution is 6.30. The number of hydrogen-bond donors (Lipinski definition) is 0. The molecular weight excluding hydrogens is 269 g/mol. The molecule has 0 spiro atoms. The van der Waals surface area contributed by atoms with Crippen molar-refractivity contribution in [3.8, 4) is 11.3 Å². The molecule has 0 atom stereocenters. The molecule has 0 aliphatic heterocycles. The van der Waals surface area contributed by atoms with Crippen LogP contribution in [0.15, 0.2) is 36.5 Å². The highest BCUT2D eigenvalue weighted by Crippen LogP contribution is 2.25. The molecule has 2 aromatic heterocycles. The summed E-state index contributed by atoms with van der Waals surface area (Å²) in [7, 11) is 0. The number of aromatic nitrogens is 3. The predicted molar refractivity (Wildman–Crippen MR) is 68.8 cm³/mol. The maximum Gasteiger partial charge on any atom is 0.167 e. The smallest absolute Gasteiger partial charge is 0.167 e. The quantitative estimate of drug-likeness (QED) is 0.533. The van der Waals surface area contributed by atoms with Gasteiger partial charge in [0.15, 0.2) is 11.9 Å². The first-order valence-corrected chi connectivity index (χ1v) is 5.83. The van der Waals surface area contributed by atoms with Crippen LogP contribution < -0.4 is 0 Å². The monoisotopic (exact) mass is 275 g/mol. The van der Waals surface area contributed by atoms with E-state index in [9.17, 15) is 9.18 Å². The van der Waals surface area contributed by atoms with Crippen LogP contribution in [0.25, 0.3) is 16.9 Å². The fourth-order valence-electron chi connectivity index (χ4n) is 1.83. The van der Waals surface area contributed by atoms with Crippen LogP contribution in [0.5, 0.6) is 0 Å². The lowest BCUT2D eigenvalue weighted by atomic mass is 10.1. The topological polar surface area (TPSA) is 47.3 Å². The van der Waals surface area contributed by atoms with Gasteiger partial charge in [-0.15, -0.1) is 0 Å². The minimum atomic E-state index is -0.400. The van der Waals surface area contributed by atoms with Gasteiger partial charge in [-0.3, -0.25) is 4.79 Å². The fourth-order valence-corrected chi connectivity index (χ4v) is 2.06. The van der Waals surface area contributed by atoms with Gasteiger partial charge in [0.2, 0.25) is 0 Å².